The van der Waals surface area contributed by atoms with Gasteiger partial charge in [0.25, 0.3) is 0 Å². The van der Waals surface area contributed by atoms with Gasteiger partial charge in [0.1, 0.15) is 12.6 Å². The Labute approximate surface area is 236 Å². The number of benzene rings is 2. The SMILES string of the molecule is CC[C@@H](C)NC(=O)[C@@H](C)N(Cc1c(Cl)cccc1Cl)C(=O)CN(c1cc(Cl)c(Cl)cc1Cl)S(C)(=O)=O. The van der Waals surface area contributed by atoms with Crippen LogP contribution in [0, 0.1) is 0 Å². The van der Waals surface area contributed by atoms with Gasteiger partial charge in [0.05, 0.1) is 27.0 Å². The molecular formula is C23H26Cl5N3O4S. The fraction of sp³-hybridized carbons (Fsp3) is 0.391. The molecule has 0 bridgehead atoms. The average molecular weight is 618 g/mol. The van der Waals surface area contributed by atoms with Crippen molar-refractivity contribution in [3.63, 3.8) is 0 Å². The number of nitrogens with zero attached hydrogens (tertiary/aromatic N) is 2. The molecule has 2 amide bonds. The smallest absolute Gasteiger partial charge is 0.244 e. The zero-order chi connectivity index (χ0) is 27.4. The molecular weight excluding hydrogens is 592 g/mol. The molecule has 2 rings (SSSR count). The number of anilines is 1. The molecule has 198 valence electrons. The van der Waals surface area contributed by atoms with Crippen LogP contribution in [0.2, 0.25) is 25.1 Å². The van der Waals surface area contributed by atoms with Crippen LogP contribution >= 0.6 is 58.0 Å². The van der Waals surface area contributed by atoms with Crippen molar-refractivity contribution in [3.8, 4) is 0 Å². The maximum atomic E-state index is 13.6. The lowest BCUT2D eigenvalue weighted by Gasteiger charge is -2.32. The van der Waals surface area contributed by atoms with E-state index < -0.39 is 34.4 Å². The number of hydrogen-bond donors (Lipinski definition) is 1. The monoisotopic (exact) mass is 615 g/mol. The highest BCUT2D eigenvalue weighted by molar-refractivity contribution is 7.92. The Bertz CT molecular complexity index is 1220. The van der Waals surface area contributed by atoms with Crippen LogP contribution in [0.25, 0.3) is 0 Å². The highest BCUT2D eigenvalue weighted by Crippen LogP contribution is 2.36. The molecule has 13 heteroatoms. The number of amides is 2. The Morgan fingerprint density at radius 1 is 0.944 bits per heavy atom. The van der Waals surface area contributed by atoms with E-state index in [-0.39, 0.29) is 33.3 Å². The Kier molecular flexibility index (Phi) is 11.0. The quantitative estimate of drug-likeness (QED) is 0.329. The van der Waals surface area contributed by atoms with E-state index in [1.165, 1.54) is 24.0 Å². The molecule has 7 nitrogen and oxygen atoms in total. The standard InChI is InChI=1S/C23H26Cl5N3O4S/c1-5-13(2)29-23(33)14(3)30(11-15-16(24)7-6-8-17(15)25)22(32)12-31(36(4,34)35)21-10-19(27)18(26)9-20(21)28/h6-10,13-14H,5,11-12H2,1-4H3,(H,29,33)/t13-,14-/m1/s1. The molecule has 0 unspecified atom stereocenters. The number of hydrogen-bond acceptors (Lipinski definition) is 4. The van der Waals surface area contributed by atoms with Crippen molar-refractivity contribution in [2.75, 3.05) is 17.1 Å². The predicted molar refractivity (Wildman–Crippen MR) is 148 cm³/mol. The molecule has 0 radical (unpaired) electrons. The molecule has 0 aliphatic heterocycles. The maximum Gasteiger partial charge on any atom is 0.244 e. The van der Waals surface area contributed by atoms with Crippen LogP contribution in [0.1, 0.15) is 32.8 Å². The first-order chi connectivity index (χ1) is 16.7. The third-order valence-corrected chi connectivity index (χ3v) is 8.36. The molecule has 0 aliphatic carbocycles. The second kappa shape index (κ2) is 12.9. The molecule has 0 saturated carbocycles. The minimum atomic E-state index is -4.01. The molecule has 0 aromatic heterocycles. The van der Waals surface area contributed by atoms with Gasteiger partial charge in [-0.2, -0.15) is 0 Å². The molecule has 0 aliphatic rings. The van der Waals surface area contributed by atoms with E-state index in [0.29, 0.717) is 22.0 Å². The van der Waals surface area contributed by atoms with Gasteiger partial charge in [-0.1, -0.05) is 71.0 Å². The molecule has 0 heterocycles. The van der Waals surface area contributed by atoms with E-state index in [9.17, 15) is 18.0 Å². The number of carbonyl (C=O) groups excluding carboxylic acids is 2. The van der Waals surface area contributed by atoms with Crippen molar-refractivity contribution in [1.82, 2.24) is 10.2 Å². The van der Waals surface area contributed by atoms with E-state index in [2.05, 4.69) is 5.32 Å². The molecule has 1 N–H and O–H groups in total. The number of nitrogens with one attached hydrogen (secondary N) is 1. The van der Waals surface area contributed by atoms with E-state index in [1.54, 1.807) is 18.2 Å². The lowest BCUT2D eigenvalue weighted by Crippen LogP contribution is -2.52. The van der Waals surface area contributed by atoms with Gasteiger partial charge in [0, 0.05) is 28.2 Å². The van der Waals surface area contributed by atoms with Gasteiger partial charge in [0.2, 0.25) is 21.8 Å². The lowest BCUT2D eigenvalue weighted by molar-refractivity contribution is -0.139. The van der Waals surface area contributed by atoms with E-state index >= 15 is 0 Å². The van der Waals surface area contributed by atoms with Gasteiger partial charge in [-0.15, -0.1) is 0 Å². The Balaban J connectivity index is 2.52. The van der Waals surface area contributed by atoms with Crippen molar-refractivity contribution in [1.29, 1.82) is 0 Å². The van der Waals surface area contributed by atoms with E-state index in [4.69, 9.17) is 58.0 Å². The Morgan fingerprint density at radius 3 is 2.03 bits per heavy atom. The highest BCUT2D eigenvalue weighted by Gasteiger charge is 2.32. The van der Waals surface area contributed by atoms with Gasteiger partial charge in [-0.3, -0.25) is 13.9 Å². The number of sulfonamides is 1. The maximum absolute atomic E-state index is 13.6. The fourth-order valence-electron chi connectivity index (χ4n) is 3.20. The summed E-state index contributed by atoms with van der Waals surface area (Å²) in [7, 11) is -4.01. The van der Waals surface area contributed by atoms with Crippen molar-refractivity contribution >= 4 is 85.5 Å². The van der Waals surface area contributed by atoms with Gasteiger partial charge >= 0.3 is 0 Å². The summed E-state index contributed by atoms with van der Waals surface area (Å²) in [5.41, 5.74) is 0.380. The minimum absolute atomic E-state index is 0.0223. The van der Waals surface area contributed by atoms with Crippen LogP contribution in [-0.4, -0.2) is 50.0 Å². The molecule has 0 fully saturated rings. The van der Waals surface area contributed by atoms with E-state index in [1.807, 2.05) is 13.8 Å². The number of halogens is 5. The number of carbonyl (C=O) groups is 2. The summed E-state index contributed by atoms with van der Waals surface area (Å²) >= 11 is 31.0. The molecule has 0 spiro atoms. The normalized spacial score (nSPS) is 13.1. The first-order valence-electron chi connectivity index (χ1n) is 10.8. The average Bonchev–Trinajstić information content (AvgIpc) is 2.78. The van der Waals surface area contributed by atoms with Gasteiger partial charge < -0.3 is 10.2 Å². The van der Waals surface area contributed by atoms with Crippen LogP contribution in [0.5, 0.6) is 0 Å². The van der Waals surface area contributed by atoms with Gasteiger partial charge in [-0.25, -0.2) is 8.42 Å². The zero-order valence-corrected chi connectivity index (χ0v) is 24.6. The predicted octanol–water partition coefficient (Wildman–Crippen LogP) is 6.05. The summed E-state index contributed by atoms with van der Waals surface area (Å²) in [4.78, 5) is 27.8. The van der Waals surface area contributed by atoms with Gasteiger partial charge in [-0.05, 0) is 44.5 Å². The lowest BCUT2D eigenvalue weighted by atomic mass is 10.1. The molecule has 2 atom stereocenters. The van der Waals surface area contributed by atoms with Gasteiger partial charge in [0.15, 0.2) is 0 Å². The number of rotatable bonds is 10. The molecule has 0 saturated heterocycles. The Morgan fingerprint density at radius 2 is 1.50 bits per heavy atom. The van der Waals surface area contributed by atoms with Crippen LogP contribution in [0.3, 0.4) is 0 Å². The zero-order valence-electron chi connectivity index (χ0n) is 20.0. The molecule has 2 aromatic rings. The summed E-state index contributed by atoms with van der Waals surface area (Å²) in [5.74, 6) is -1.11. The summed E-state index contributed by atoms with van der Waals surface area (Å²) in [6.07, 6.45) is 1.61. The van der Waals surface area contributed by atoms with E-state index in [0.717, 1.165) is 10.6 Å². The van der Waals surface area contributed by atoms with Crippen LogP contribution in [-0.2, 0) is 26.2 Å². The summed E-state index contributed by atoms with van der Waals surface area (Å²) in [6, 6.07) is 6.29. The summed E-state index contributed by atoms with van der Waals surface area (Å²) in [6.45, 7) is 4.47. The molecule has 2 aromatic carbocycles. The molecule has 36 heavy (non-hydrogen) atoms. The summed E-state index contributed by atoms with van der Waals surface area (Å²) < 4.78 is 26.2. The first-order valence-corrected chi connectivity index (χ1v) is 14.6. The topological polar surface area (TPSA) is 86.8 Å². The fourth-order valence-corrected chi connectivity index (χ4v) is 5.26. The van der Waals surface area contributed by atoms with Crippen LogP contribution < -0.4 is 9.62 Å². The third-order valence-electron chi connectivity index (χ3n) is 5.50. The third kappa shape index (κ3) is 7.79. The van der Waals surface area contributed by atoms with Crippen molar-refractivity contribution in [2.24, 2.45) is 0 Å². The first kappa shape index (κ1) is 30.8. The van der Waals surface area contributed by atoms with Crippen LogP contribution in [0.15, 0.2) is 30.3 Å². The summed E-state index contributed by atoms with van der Waals surface area (Å²) in [5, 5.41) is 3.57. The van der Waals surface area contributed by atoms with Crippen molar-refractivity contribution in [3.05, 3.63) is 61.0 Å². The Hall–Kier alpha value is -1.42. The largest absolute Gasteiger partial charge is 0.352 e. The van der Waals surface area contributed by atoms with Crippen LogP contribution in [0.4, 0.5) is 5.69 Å². The minimum Gasteiger partial charge on any atom is -0.352 e. The second-order valence-electron chi connectivity index (χ2n) is 8.20. The van der Waals surface area contributed by atoms with Crippen molar-refractivity contribution in [2.45, 2.75) is 45.8 Å². The second-order valence-corrected chi connectivity index (χ2v) is 12.1. The highest BCUT2D eigenvalue weighted by atomic mass is 35.5. The van der Waals surface area contributed by atoms with Crippen molar-refractivity contribution < 1.29 is 18.0 Å².